The number of anilines is 1. The number of rotatable bonds is 3. The first-order chi connectivity index (χ1) is 12.4. The number of esters is 1. The number of hydrogen-bond acceptors (Lipinski definition) is 4. The van der Waals surface area contributed by atoms with Crippen molar-refractivity contribution >= 4 is 34.9 Å². The van der Waals surface area contributed by atoms with Crippen LogP contribution in [0, 0.1) is 0 Å². The lowest BCUT2D eigenvalue weighted by Gasteiger charge is -2.26. The number of benzene rings is 2. The molecule has 0 radical (unpaired) electrons. The smallest absolute Gasteiger partial charge is 0.343 e. The van der Waals surface area contributed by atoms with Crippen LogP contribution in [0.2, 0.25) is 5.02 Å². The van der Waals surface area contributed by atoms with Crippen LogP contribution >= 0.6 is 11.6 Å². The second kappa shape index (κ2) is 6.92. The van der Waals surface area contributed by atoms with Gasteiger partial charge in [-0.2, -0.15) is 0 Å². The first kappa shape index (κ1) is 18.1. The minimum Gasteiger partial charge on any atom is -0.464 e. The van der Waals surface area contributed by atoms with Gasteiger partial charge in [-0.1, -0.05) is 41.9 Å². The Labute approximate surface area is 157 Å². The van der Waals surface area contributed by atoms with E-state index >= 15 is 0 Å². The maximum Gasteiger partial charge on any atom is 0.343 e. The summed E-state index contributed by atoms with van der Waals surface area (Å²) in [5, 5.41) is 0.521. The van der Waals surface area contributed by atoms with E-state index in [0.717, 1.165) is 5.56 Å². The van der Waals surface area contributed by atoms with Gasteiger partial charge in [-0.3, -0.25) is 9.79 Å². The molecule has 0 aromatic heterocycles. The van der Waals surface area contributed by atoms with E-state index in [-0.39, 0.29) is 6.61 Å². The fraction of sp³-hybridized carbons (Fsp3) is 0.250. The van der Waals surface area contributed by atoms with E-state index in [1.54, 1.807) is 32.2 Å². The van der Waals surface area contributed by atoms with Gasteiger partial charge in [-0.15, -0.1) is 0 Å². The Morgan fingerprint density at radius 2 is 1.92 bits per heavy atom. The van der Waals surface area contributed by atoms with Crippen molar-refractivity contribution in [1.82, 2.24) is 0 Å². The van der Waals surface area contributed by atoms with Crippen molar-refractivity contribution in [3.05, 3.63) is 64.7 Å². The molecule has 3 rings (SSSR count). The highest BCUT2D eigenvalue weighted by molar-refractivity contribution is 6.32. The van der Waals surface area contributed by atoms with Crippen LogP contribution in [0.15, 0.2) is 53.5 Å². The summed E-state index contributed by atoms with van der Waals surface area (Å²) in [5.74, 6) is -1.13. The molecule has 1 aliphatic rings. The molecule has 134 valence electrons. The van der Waals surface area contributed by atoms with E-state index in [2.05, 4.69) is 4.99 Å². The van der Waals surface area contributed by atoms with Crippen LogP contribution in [0.25, 0.3) is 0 Å². The van der Waals surface area contributed by atoms with Crippen LogP contribution in [0.5, 0.6) is 0 Å². The number of amides is 1. The standard InChI is InChI=1S/C20H19ClN2O3/c1-4-26-19(25)20(2)18(24)23(3)16-11-10-14(21)12-15(16)17(22-20)13-8-6-5-7-9-13/h5-12H,4H2,1-3H3/t20-/m0/s1. The number of nitrogens with zero attached hydrogens (tertiary/aromatic N) is 2. The monoisotopic (exact) mass is 370 g/mol. The normalized spacial score (nSPS) is 19.5. The molecule has 26 heavy (non-hydrogen) atoms. The molecule has 0 saturated carbocycles. The van der Waals surface area contributed by atoms with E-state index < -0.39 is 17.4 Å². The minimum atomic E-state index is -1.68. The second-order valence-corrected chi connectivity index (χ2v) is 6.58. The Morgan fingerprint density at radius 1 is 1.23 bits per heavy atom. The third-order valence-corrected chi connectivity index (χ3v) is 4.59. The highest BCUT2D eigenvalue weighted by atomic mass is 35.5. The molecule has 0 N–H and O–H groups in total. The molecule has 0 aliphatic carbocycles. The lowest BCUT2D eigenvalue weighted by molar-refractivity contribution is -0.152. The van der Waals surface area contributed by atoms with E-state index in [1.807, 2.05) is 30.3 Å². The summed E-state index contributed by atoms with van der Waals surface area (Å²) < 4.78 is 5.15. The summed E-state index contributed by atoms with van der Waals surface area (Å²) in [6.07, 6.45) is 0. The lowest BCUT2D eigenvalue weighted by atomic mass is 9.99. The first-order valence-electron chi connectivity index (χ1n) is 8.29. The lowest BCUT2D eigenvalue weighted by Crippen LogP contribution is -2.50. The predicted octanol–water partition coefficient (Wildman–Crippen LogP) is 3.48. The highest BCUT2D eigenvalue weighted by Crippen LogP contribution is 2.33. The minimum absolute atomic E-state index is 0.167. The summed E-state index contributed by atoms with van der Waals surface area (Å²) in [4.78, 5) is 31.7. The number of ether oxygens (including phenoxy) is 1. The number of carbonyl (C=O) groups excluding carboxylic acids is 2. The topological polar surface area (TPSA) is 59.0 Å². The fourth-order valence-corrected chi connectivity index (χ4v) is 3.15. The summed E-state index contributed by atoms with van der Waals surface area (Å²) >= 11 is 6.20. The van der Waals surface area contributed by atoms with Gasteiger partial charge in [0.05, 0.1) is 18.0 Å². The van der Waals surface area contributed by atoms with Crippen LogP contribution in [0.1, 0.15) is 25.0 Å². The number of aliphatic imine (C=N–C) groups is 1. The molecule has 5 nitrogen and oxygen atoms in total. The molecule has 1 atom stereocenters. The van der Waals surface area contributed by atoms with Crippen molar-refractivity contribution in [2.24, 2.45) is 4.99 Å². The number of benzodiazepines with no additional fused rings is 1. The first-order valence-corrected chi connectivity index (χ1v) is 8.67. The third-order valence-electron chi connectivity index (χ3n) is 4.35. The zero-order valence-corrected chi connectivity index (χ0v) is 15.6. The highest BCUT2D eigenvalue weighted by Gasteiger charge is 2.47. The van der Waals surface area contributed by atoms with Crippen LogP contribution in [-0.2, 0) is 14.3 Å². The van der Waals surface area contributed by atoms with Crippen LogP contribution in [0.4, 0.5) is 5.69 Å². The molecule has 2 aromatic rings. The van der Waals surface area contributed by atoms with E-state index in [4.69, 9.17) is 16.3 Å². The summed E-state index contributed by atoms with van der Waals surface area (Å²) in [6, 6.07) is 14.6. The molecule has 0 bridgehead atoms. The van der Waals surface area contributed by atoms with E-state index in [1.165, 1.54) is 11.8 Å². The van der Waals surface area contributed by atoms with Crippen molar-refractivity contribution in [2.75, 3.05) is 18.6 Å². The predicted molar refractivity (Wildman–Crippen MR) is 102 cm³/mol. The fourth-order valence-electron chi connectivity index (χ4n) is 2.98. The van der Waals surface area contributed by atoms with Crippen LogP contribution in [0.3, 0.4) is 0 Å². The molecule has 0 spiro atoms. The van der Waals surface area contributed by atoms with Gasteiger partial charge in [-0.25, -0.2) is 4.79 Å². The zero-order valence-electron chi connectivity index (χ0n) is 14.8. The molecule has 2 aromatic carbocycles. The van der Waals surface area contributed by atoms with Gasteiger partial charge in [0.15, 0.2) is 0 Å². The molecule has 1 aliphatic heterocycles. The zero-order chi connectivity index (χ0) is 18.9. The average molecular weight is 371 g/mol. The van der Waals surface area contributed by atoms with E-state index in [9.17, 15) is 9.59 Å². The van der Waals surface area contributed by atoms with Gasteiger partial charge >= 0.3 is 5.97 Å². The molecule has 0 unspecified atom stereocenters. The number of likely N-dealkylation sites (N-methyl/N-ethyl adjacent to an activating group) is 1. The van der Waals surface area contributed by atoms with Gasteiger partial charge in [0, 0.05) is 23.2 Å². The average Bonchev–Trinajstić information content (AvgIpc) is 2.72. The summed E-state index contributed by atoms with van der Waals surface area (Å²) in [5.41, 5.74) is 0.954. The SMILES string of the molecule is CCOC(=O)[C@@]1(C)N=C(c2ccccc2)c2cc(Cl)ccc2N(C)C1=O. The third kappa shape index (κ3) is 2.99. The number of halogens is 1. The largest absolute Gasteiger partial charge is 0.464 e. The molecule has 1 heterocycles. The maximum absolute atomic E-state index is 13.1. The number of carbonyl (C=O) groups is 2. The van der Waals surface area contributed by atoms with Crippen molar-refractivity contribution in [1.29, 1.82) is 0 Å². The Morgan fingerprint density at radius 3 is 2.58 bits per heavy atom. The number of fused-ring (bicyclic) bond motifs is 1. The van der Waals surface area contributed by atoms with Crippen molar-refractivity contribution in [3.8, 4) is 0 Å². The molecule has 6 heteroatoms. The van der Waals surface area contributed by atoms with Crippen LogP contribution in [-0.4, -0.2) is 36.8 Å². The Hall–Kier alpha value is -2.66. The second-order valence-electron chi connectivity index (χ2n) is 6.14. The van der Waals surface area contributed by atoms with Crippen molar-refractivity contribution in [3.63, 3.8) is 0 Å². The molecule has 0 fully saturated rings. The van der Waals surface area contributed by atoms with Gasteiger partial charge in [0.2, 0.25) is 5.54 Å². The van der Waals surface area contributed by atoms with Crippen molar-refractivity contribution in [2.45, 2.75) is 19.4 Å². The van der Waals surface area contributed by atoms with Gasteiger partial charge < -0.3 is 9.64 Å². The summed E-state index contributed by atoms with van der Waals surface area (Å²) in [7, 11) is 1.62. The maximum atomic E-state index is 13.1. The Balaban J connectivity index is 2.31. The quantitative estimate of drug-likeness (QED) is 0.614. The van der Waals surface area contributed by atoms with Gasteiger partial charge in [0.1, 0.15) is 0 Å². The van der Waals surface area contributed by atoms with Crippen LogP contribution < -0.4 is 4.90 Å². The molecule has 0 saturated heterocycles. The molecular weight excluding hydrogens is 352 g/mol. The molecular formula is C20H19ClN2O3. The number of hydrogen-bond donors (Lipinski definition) is 0. The van der Waals surface area contributed by atoms with E-state index in [0.29, 0.717) is 22.0 Å². The Bertz CT molecular complexity index is 895. The summed E-state index contributed by atoms with van der Waals surface area (Å²) in [6.45, 7) is 3.35. The van der Waals surface area contributed by atoms with Gasteiger partial charge in [0.25, 0.3) is 5.91 Å². The van der Waals surface area contributed by atoms with Gasteiger partial charge in [-0.05, 0) is 32.0 Å². The Kier molecular flexibility index (Phi) is 4.83. The van der Waals surface area contributed by atoms with Crippen molar-refractivity contribution < 1.29 is 14.3 Å². The molecule has 1 amide bonds.